The molecule has 6 heteroatoms. The van der Waals surface area contributed by atoms with Crippen LogP contribution in [0.25, 0.3) is 0 Å². The molecule has 0 fully saturated rings. The molecule has 2 amide bonds. The van der Waals surface area contributed by atoms with Gasteiger partial charge in [0.1, 0.15) is 6.04 Å². The van der Waals surface area contributed by atoms with Crippen molar-refractivity contribution in [3.8, 4) is 0 Å². The number of hydrogen-bond donors (Lipinski definition) is 4. The quantitative estimate of drug-likeness (QED) is 0.531. The average Bonchev–Trinajstić information content (AvgIpc) is 2.54. The number of nitrogens with two attached hydrogens (primary N) is 1. The number of urea groups is 1. The number of nitrogens with one attached hydrogen (secondary N) is 2. The Bertz CT molecular complexity index is 321. The number of aromatic nitrogens is 1. The van der Waals surface area contributed by atoms with Crippen molar-refractivity contribution in [1.29, 1.82) is 0 Å². The Hall–Kier alpha value is -1.98. The highest BCUT2D eigenvalue weighted by molar-refractivity contribution is 5.81. The predicted molar refractivity (Wildman–Crippen MR) is 48.6 cm³/mol. The molecule has 0 radical (unpaired) electrons. The van der Waals surface area contributed by atoms with E-state index in [1.165, 1.54) is 0 Å². The van der Waals surface area contributed by atoms with Crippen LogP contribution in [0.1, 0.15) is 5.56 Å². The van der Waals surface area contributed by atoms with E-state index in [1.807, 2.05) is 0 Å². The molecule has 1 unspecified atom stereocenters. The summed E-state index contributed by atoms with van der Waals surface area (Å²) in [6.07, 6.45) is 3.55. The standard InChI is InChI=1S/C8H11N3O3/c9-8(14)11-6(7(12)13)3-5-1-2-10-4-5/h1-2,4,6,10H,3H2,(H,12,13)(H3,9,11,14). The number of carbonyl (C=O) groups excluding carboxylic acids is 1. The zero-order valence-corrected chi connectivity index (χ0v) is 7.36. The van der Waals surface area contributed by atoms with Crippen LogP contribution in [0.4, 0.5) is 4.79 Å². The molecule has 0 saturated carbocycles. The number of carboxylic acids is 1. The molecule has 1 rings (SSSR count). The fourth-order valence-corrected chi connectivity index (χ4v) is 1.09. The molecule has 0 aliphatic rings. The Morgan fingerprint density at radius 2 is 2.36 bits per heavy atom. The van der Waals surface area contributed by atoms with Gasteiger partial charge in [-0.25, -0.2) is 9.59 Å². The molecule has 0 spiro atoms. The third-order valence-electron chi connectivity index (χ3n) is 1.72. The van der Waals surface area contributed by atoms with Gasteiger partial charge in [0.15, 0.2) is 0 Å². The Labute approximate surface area is 80.1 Å². The number of amides is 2. The maximum Gasteiger partial charge on any atom is 0.326 e. The Morgan fingerprint density at radius 3 is 2.79 bits per heavy atom. The van der Waals surface area contributed by atoms with E-state index in [-0.39, 0.29) is 6.42 Å². The van der Waals surface area contributed by atoms with Crippen LogP contribution in [-0.4, -0.2) is 28.1 Å². The van der Waals surface area contributed by atoms with Gasteiger partial charge in [0.05, 0.1) is 0 Å². The SMILES string of the molecule is NC(=O)NC(Cc1cc[nH]c1)C(=O)O. The van der Waals surface area contributed by atoms with Gasteiger partial charge in [-0.05, 0) is 11.6 Å². The lowest BCUT2D eigenvalue weighted by Gasteiger charge is -2.11. The number of hydrogen-bond acceptors (Lipinski definition) is 2. The van der Waals surface area contributed by atoms with Gasteiger partial charge in [0.25, 0.3) is 0 Å². The molecule has 76 valence electrons. The van der Waals surface area contributed by atoms with Gasteiger partial charge in [0.2, 0.25) is 0 Å². The summed E-state index contributed by atoms with van der Waals surface area (Å²) in [5, 5.41) is 10.9. The largest absolute Gasteiger partial charge is 0.480 e. The number of primary amides is 1. The summed E-state index contributed by atoms with van der Waals surface area (Å²) >= 11 is 0. The highest BCUT2D eigenvalue weighted by Gasteiger charge is 2.18. The first-order chi connectivity index (χ1) is 6.59. The van der Waals surface area contributed by atoms with Gasteiger partial charge in [-0.15, -0.1) is 0 Å². The molecule has 0 saturated heterocycles. The number of carboxylic acid groups (broad SMARTS) is 1. The van der Waals surface area contributed by atoms with Crippen LogP contribution in [-0.2, 0) is 11.2 Å². The zero-order valence-electron chi connectivity index (χ0n) is 7.36. The lowest BCUT2D eigenvalue weighted by molar-refractivity contribution is -0.139. The summed E-state index contributed by atoms with van der Waals surface area (Å²) in [6.45, 7) is 0. The van der Waals surface area contributed by atoms with Crippen LogP contribution in [0.3, 0.4) is 0 Å². The number of aromatic amines is 1. The summed E-state index contributed by atoms with van der Waals surface area (Å²) in [4.78, 5) is 24.0. The predicted octanol–water partition coefficient (Wildman–Crippen LogP) is -0.321. The Kier molecular flexibility index (Phi) is 3.11. The van der Waals surface area contributed by atoms with Gasteiger partial charge < -0.3 is 21.1 Å². The van der Waals surface area contributed by atoms with Crippen molar-refractivity contribution in [2.24, 2.45) is 5.73 Å². The van der Waals surface area contributed by atoms with Gasteiger partial charge in [-0.1, -0.05) is 0 Å². The Morgan fingerprint density at radius 1 is 1.64 bits per heavy atom. The lowest BCUT2D eigenvalue weighted by atomic mass is 10.1. The highest BCUT2D eigenvalue weighted by atomic mass is 16.4. The van der Waals surface area contributed by atoms with E-state index in [0.717, 1.165) is 5.56 Å². The van der Waals surface area contributed by atoms with Gasteiger partial charge in [0, 0.05) is 18.8 Å². The average molecular weight is 197 g/mol. The van der Waals surface area contributed by atoms with E-state index in [2.05, 4.69) is 10.3 Å². The van der Waals surface area contributed by atoms with E-state index in [0.29, 0.717) is 0 Å². The number of carbonyl (C=O) groups is 2. The molecule has 0 bridgehead atoms. The molecular weight excluding hydrogens is 186 g/mol. The van der Waals surface area contributed by atoms with Gasteiger partial charge in [-0.3, -0.25) is 0 Å². The fraction of sp³-hybridized carbons (Fsp3) is 0.250. The molecule has 1 aromatic heterocycles. The van der Waals surface area contributed by atoms with Crippen LogP contribution in [0.5, 0.6) is 0 Å². The summed E-state index contributed by atoms with van der Waals surface area (Å²) in [6, 6.07) is -0.0882. The van der Waals surface area contributed by atoms with E-state index < -0.39 is 18.0 Å². The summed E-state index contributed by atoms with van der Waals surface area (Å²) < 4.78 is 0. The molecule has 14 heavy (non-hydrogen) atoms. The molecule has 6 nitrogen and oxygen atoms in total. The lowest BCUT2D eigenvalue weighted by Crippen LogP contribution is -2.44. The maximum absolute atomic E-state index is 10.7. The first-order valence-corrected chi connectivity index (χ1v) is 4.00. The highest BCUT2D eigenvalue weighted by Crippen LogP contribution is 2.01. The second-order valence-corrected chi connectivity index (χ2v) is 2.82. The van der Waals surface area contributed by atoms with Crippen molar-refractivity contribution >= 4 is 12.0 Å². The van der Waals surface area contributed by atoms with Gasteiger partial charge >= 0.3 is 12.0 Å². The normalized spacial score (nSPS) is 12.0. The van der Waals surface area contributed by atoms with Crippen molar-refractivity contribution in [2.45, 2.75) is 12.5 Å². The molecule has 1 atom stereocenters. The molecule has 1 aromatic rings. The fourth-order valence-electron chi connectivity index (χ4n) is 1.09. The monoisotopic (exact) mass is 197 g/mol. The second-order valence-electron chi connectivity index (χ2n) is 2.82. The molecular formula is C8H11N3O3. The van der Waals surface area contributed by atoms with E-state index in [9.17, 15) is 9.59 Å². The van der Waals surface area contributed by atoms with Crippen LogP contribution in [0, 0.1) is 0 Å². The summed E-state index contributed by atoms with van der Waals surface area (Å²) in [5.41, 5.74) is 5.64. The Balaban J connectivity index is 2.60. The molecule has 5 N–H and O–H groups in total. The molecule has 0 aromatic carbocycles. The summed E-state index contributed by atoms with van der Waals surface area (Å²) in [5.74, 6) is -1.11. The molecule has 0 aliphatic heterocycles. The topological polar surface area (TPSA) is 108 Å². The number of rotatable bonds is 4. The van der Waals surface area contributed by atoms with Crippen LogP contribution in [0.15, 0.2) is 18.5 Å². The third kappa shape index (κ3) is 2.81. The first-order valence-electron chi connectivity index (χ1n) is 4.00. The van der Waals surface area contributed by atoms with E-state index >= 15 is 0 Å². The molecule has 1 heterocycles. The van der Waals surface area contributed by atoms with E-state index in [1.54, 1.807) is 18.5 Å². The minimum Gasteiger partial charge on any atom is -0.480 e. The smallest absolute Gasteiger partial charge is 0.326 e. The minimum atomic E-state index is -1.11. The van der Waals surface area contributed by atoms with E-state index in [4.69, 9.17) is 10.8 Å². The van der Waals surface area contributed by atoms with Crippen LogP contribution in [0.2, 0.25) is 0 Å². The van der Waals surface area contributed by atoms with Crippen molar-refractivity contribution in [2.75, 3.05) is 0 Å². The van der Waals surface area contributed by atoms with Crippen molar-refractivity contribution in [1.82, 2.24) is 10.3 Å². The zero-order chi connectivity index (χ0) is 10.6. The van der Waals surface area contributed by atoms with Crippen molar-refractivity contribution < 1.29 is 14.7 Å². The number of aliphatic carboxylic acids is 1. The number of H-pyrrole nitrogens is 1. The van der Waals surface area contributed by atoms with Crippen molar-refractivity contribution in [3.63, 3.8) is 0 Å². The maximum atomic E-state index is 10.7. The van der Waals surface area contributed by atoms with Crippen LogP contribution >= 0.6 is 0 Å². The summed E-state index contributed by atoms with van der Waals surface area (Å²) in [7, 11) is 0. The third-order valence-corrected chi connectivity index (χ3v) is 1.72. The molecule has 0 aliphatic carbocycles. The van der Waals surface area contributed by atoms with Crippen LogP contribution < -0.4 is 11.1 Å². The minimum absolute atomic E-state index is 0.210. The second kappa shape index (κ2) is 4.31. The first kappa shape index (κ1) is 10.1. The van der Waals surface area contributed by atoms with Gasteiger partial charge in [-0.2, -0.15) is 0 Å². The van der Waals surface area contributed by atoms with Crippen molar-refractivity contribution in [3.05, 3.63) is 24.0 Å².